The topological polar surface area (TPSA) is 58.4 Å². The number of rotatable bonds is 3. The Labute approximate surface area is 133 Å². The van der Waals surface area contributed by atoms with Crippen LogP contribution in [0.4, 0.5) is 17.1 Å². The molecule has 0 fully saturated rings. The van der Waals surface area contributed by atoms with Gasteiger partial charge in [0.1, 0.15) is 0 Å². The van der Waals surface area contributed by atoms with E-state index >= 15 is 0 Å². The molecular formula is C16H18BrN3O. The monoisotopic (exact) mass is 347 g/mol. The summed E-state index contributed by atoms with van der Waals surface area (Å²) in [5.74, 6) is -0.0634. The van der Waals surface area contributed by atoms with E-state index in [2.05, 4.69) is 21.2 Å². The molecule has 0 aliphatic rings. The Hall–Kier alpha value is -2.01. The number of carbonyl (C=O) groups excluding carboxylic acids is 1. The molecule has 0 bridgehead atoms. The van der Waals surface area contributed by atoms with Gasteiger partial charge in [-0.2, -0.15) is 0 Å². The van der Waals surface area contributed by atoms with Crippen LogP contribution in [0.15, 0.2) is 40.9 Å². The summed E-state index contributed by atoms with van der Waals surface area (Å²) in [5.41, 5.74) is 10.0. The van der Waals surface area contributed by atoms with Crippen LogP contribution in [0.5, 0.6) is 0 Å². The van der Waals surface area contributed by atoms with Gasteiger partial charge in [-0.25, -0.2) is 0 Å². The van der Waals surface area contributed by atoms with E-state index in [0.29, 0.717) is 11.3 Å². The number of hydrogen-bond donors (Lipinski definition) is 2. The minimum Gasteiger partial charge on any atom is -0.397 e. The van der Waals surface area contributed by atoms with Crippen LogP contribution in [0.3, 0.4) is 0 Å². The zero-order chi connectivity index (χ0) is 15.6. The smallest absolute Gasteiger partial charge is 0.253 e. The second-order valence-corrected chi connectivity index (χ2v) is 6.06. The lowest BCUT2D eigenvalue weighted by atomic mass is 10.1. The van der Waals surface area contributed by atoms with Gasteiger partial charge in [0, 0.05) is 29.8 Å². The van der Waals surface area contributed by atoms with E-state index in [0.717, 1.165) is 21.4 Å². The molecule has 2 aromatic rings. The summed E-state index contributed by atoms with van der Waals surface area (Å²) in [6.45, 7) is 2.03. The van der Waals surface area contributed by atoms with E-state index in [1.165, 1.54) is 4.90 Å². The van der Waals surface area contributed by atoms with Crippen LogP contribution in [-0.2, 0) is 0 Å². The first-order valence-electron chi connectivity index (χ1n) is 6.52. The number of aryl methyl sites for hydroxylation is 1. The molecule has 0 saturated heterocycles. The largest absolute Gasteiger partial charge is 0.397 e. The molecule has 0 atom stereocenters. The summed E-state index contributed by atoms with van der Waals surface area (Å²) in [7, 11) is 3.43. The maximum Gasteiger partial charge on any atom is 0.253 e. The highest BCUT2D eigenvalue weighted by atomic mass is 79.9. The number of nitrogen functional groups attached to an aromatic ring is 1. The SMILES string of the molecule is Cc1cc(Br)cc(Nc2ccc(C(=O)N(C)C)cc2N)c1. The zero-order valence-electron chi connectivity index (χ0n) is 12.3. The van der Waals surface area contributed by atoms with E-state index in [-0.39, 0.29) is 5.91 Å². The van der Waals surface area contributed by atoms with Gasteiger partial charge in [0.2, 0.25) is 0 Å². The third-order valence-corrected chi connectivity index (χ3v) is 3.48. The van der Waals surface area contributed by atoms with Crippen molar-refractivity contribution in [3.05, 3.63) is 52.0 Å². The number of nitrogens with zero attached hydrogens (tertiary/aromatic N) is 1. The highest BCUT2D eigenvalue weighted by Gasteiger charge is 2.10. The fraction of sp³-hybridized carbons (Fsp3) is 0.188. The Morgan fingerprint density at radius 1 is 1.19 bits per heavy atom. The molecule has 2 rings (SSSR count). The van der Waals surface area contributed by atoms with Crippen LogP contribution < -0.4 is 11.1 Å². The molecule has 0 aliphatic carbocycles. The van der Waals surface area contributed by atoms with Crippen molar-refractivity contribution in [3.63, 3.8) is 0 Å². The first-order chi connectivity index (χ1) is 9.86. The Balaban J connectivity index is 2.27. The summed E-state index contributed by atoms with van der Waals surface area (Å²) < 4.78 is 1.00. The van der Waals surface area contributed by atoms with Crippen molar-refractivity contribution in [2.45, 2.75) is 6.92 Å². The Morgan fingerprint density at radius 2 is 1.90 bits per heavy atom. The third-order valence-electron chi connectivity index (χ3n) is 3.03. The number of amides is 1. The first kappa shape index (κ1) is 15.4. The normalized spacial score (nSPS) is 10.3. The molecule has 4 nitrogen and oxygen atoms in total. The molecule has 2 aromatic carbocycles. The molecule has 0 radical (unpaired) electrons. The van der Waals surface area contributed by atoms with Gasteiger partial charge < -0.3 is 16.0 Å². The molecule has 0 unspecified atom stereocenters. The van der Waals surface area contributed by atoms with Gasteiger partial charge in [-0.3, -0.25) is 4.79 Å². The highest BCUT2D eigenvalue weighted by Crippen LogP contribution is 2.27. The summed E-state index contributed by atoms with van der Waals surface area (Å²) >= 11 is 3.47. The zero-order valence-corrected chi connectivity index (χ0v) is 13.9. The molecule has 3 N–H and O–H groups in total. The van der Waals surface area contributed by atoms with Crippen molar-refractivity contribution in [2.24, 2.45) is 0 Å². The minimum atomic E-state index is -0.0634. The maximum atomic E-state index is 11.9. The molecule has 5 heteroatoms. The minimum absolute atomic E-state index is 0.0634. The summed E-state index contributed by atoms with van der Waals surface area (Å²) in [6.07, 6.45) is 0. The average Bonchev–Trinajstić information content (AvgIpc) is 2.39. The van der Waals surface area contributed by atoms with E-state index in [9.17, 15) is 4.79 Å². The maximum absolute atomic E-state index is 11.9. The van der Waals surface area contributed by atoms with Crippen molar-refractivity contribution in [3.8, 4) is 0 Å². The lowest BCUT2D eigenvalue weighted by molar-refractivity contribution is 0.0827. The van der Waals surface area contributed by atoms with Crippen molar-refractivity contribution in [2.75, 3.05) is 25.1 Å². The molecule has 0 saturated carbocycles. The van der Waals surface area contributed by atoms with Gasteiger partial charge in [0.15, 0.2) is 0 Å². The van der Waals surface area contributed by atoms with Crippen LogP contribution >= 0.6 is 15.9 Å². The lowest BCUT2D eigenvalue weighted by Crippen LogP contribution is -2.21. The van der Waals surface area contributed by atoms with Gasteiger partial charge >= 0.3 is 0 Å². The molecule has 0 spiro atoms. The highest BCUT2D eigenvalue weighted by molar-refractivity contribution is 9.10. The van der Waals surface area contributed by atoms with Crippen molar-refractivity contribution >= 4 is 38.9 Å². The molecular weight excluding hydrogens is 330 g/mol. The van der Waals surface area contributed by atoms with Gasteiger partial charge in [-0.05, 0) is 48.9 Å². The summed E-state index contributed by atoms with van der Waals surface area (Å²) in [5, 5.41) is 3.27. The predicted octanol–water partition coefficient (Wildman–Crippen LogP) is 3.79. The third kappa shape index (κ3) is 3.76. The van der Waals surface area contributed by atoms with Gasteiger partial charge in [-0.1, -0.05) is 15.9 Å². The summed E-state index contributed by atoms with van der Waals surface area (Å²) in [6, 6.07) is 11.3. The number of carbonyl (C=O) groups is 1. The number of nitrogens with one attached hydrogen (secondary N) is 1. The average molecular weight is 348 g/mol. The van der Waals surface area contributed by atoms with E-state index in [1.54, 1.807) is 26.2 Å². The fourth-order valence-electron chi connectivity index (χ4n) is 2.03. The molecule has 21 heavy (non-hydrogen) atoms. The number of nitrogens with two attached hydrogens (primary N) is 1. The Kier molecular flexibility index (Phi) is 4.53. The van der Waals surface area contributed by atoms with E-state index in [1.807, 2.05) is 31.2 Å². The van der Waals surface area contributed by atoms with Gasteiger partial charge in [0.25, 0.3) is 5.91 Å². The molecule has 0 aromatic heterocycles. The van der Waals surface area contributed by atoms with E-state index < -0.39 is 0 Å². The van der Waals surface area contributed by atoms with Crippen molar-refractivity contribution in [1.82, 2.24) is 4.90 Å². The second kappa shape index (κ2) is 6.18. The first-order valence-corrected chi connectivity index (χ1v) is 7.31. The molecule has 110 valence electrons. The standard InChI is InChI=1S/C16H18BrN3O/c1-10-6-12(17)9-13(7-10)19-15-5-4-11(8-14(15)18)16(21)20(2)3/h4-9,19H,18H2,1-3H3. The number of benzene rings is 2. The number of hydrogen-bond acceptors (Lipinski definition) is 3. The van der Waals surface area contributed by atoms with Crippen LogP contribution in [-0.4, -0.2) is 24.9 Å². The van der Waals surface area contributed by atoms with Crippen LogP contribution in [0.2, 0.25) is 0 Å². The predicted molar refractivity (Wildman–Crippen MR) is 91.0 cm³/mol. The van der Waals surface area contributed by atoms with Gasteiger partial charge in [0.05, 0.1) is 11.4 Å². The molecule has 0 heterocycles. The quantitative estimate of drug-likeness (QED) is 0.830. The summed E-state index contributed by atoms with van der Waals surface area (Å²) in [4.78, 5) is 13.4. The molecule has 1 amide bonds. The number of anilines is 3. The second-order valence-electron chi connectivity index (χ2n) is 5.14. The van der Waals surface area contributed by atoms with Crippen molar-refractivity contribution in [1.29, 1.82) is 0 Å². The Morgan fingerprint density at radius 3 is 2.48 bits per heavy atom. The van der Waals surface area contributed by atoms with Crippen LogP contribution in [0.25, 0.3) is 0 Å². The molecule has 0 aliphatic heterocycles. The fourth-order valence-corrected chi connectivity index (χ4v) is 2.64. The van der Waals surface area contributed by atoms with Crippen molar-refractivity contribution < 1.29 is 4.79 Å². The van der Waals surface area contributed by atoms with E-state index in [4.69, 9.17) is 5.73 Å². The van der Waals surface area contributed by atoms with Crippen LogP contribution in [0.1, 0.15) is 15.9 Å². The number of halogens is 1. The van der Waals surface area contributed by atoms with Gasteiger partial charge in [-0.15, -0.1) is 0 Å². The van der Waals surface area contributed by atoms with Crippen LogP contribution in [0, 0.1) is 6.92 Å². The lowest BCUT2D eigenvalue weighted by Gasteiger charge is -2.14. The Bertz CT molecular complexity index is 663.